The molecule has 0 radical (unpaired) electrons. The highest BCUT2D eigenvalue weighted by Gasteiger charge is 2.13. The summed E-state index contributed by atoms with van der Waals surface area (Å²) in [5.74, 6) is -1.17. The van der Waals surface area contributed by atoms with E-state index in [1.165, 1.54) is 0 Å². The van der Waals surface area contributed by atoms with Crippen LogP contribution in [0.25, 0.3) is 0 Å². The Labute approximate surface area is 130 Å². The molecule has 2 aromatic carbocycles. The maximum absolute atomic E-state index is 13.6. The second-order valence-electron chi connectivity index (χ2n) is 4.56. The molecule has 0 aliphatic heterocycles. The minimum atomic E-state index is -0.725. The summed E-state index contributed by atoms with van der Waals surface area (Å²) in [7, 11) is 0. The zero-order chi connectivity index (χ0) is 16.1. The van der Waals surface area contributed by atoms with Crippen molar-refractivity contribution in [2.24, 2.45) is 0 Å². The van der Waals surface area contributed by atoms with Crippen LogP contribution in [0.1, 0.15) is 12.0 Å². The second kappa shape index (κ2) is 7.00. The lowest BCUT2D eigenvalue weighted by Crippen LogP contribution is -2.13. The number of hydrogen-bond donors (Lipinski definition) is 1. The fraction of sp³-hybridized carbons (Fsp3) is 0.133. The van der Waals surface area contributed by atoms with Gasteiger partial charge in [0.1, 0.15) is 5.82 Å². The Morgan fingerprint density at radius 3 is 2.68 bits per heavy atom. The molecule has 0 saturated heterocycles. The molecule has 5 nitrogen and oxygen atoms in total. The van der Waals surface area contributed by atoms with E-state index in [1.807, 2.05) is 0 Å². The Balaban J connectivity index is 2.02. The molecule has 2 rings (SSSR count). The summed E-state index contributed by atoms with van der Waals surface area (Å²) in [6, 6.07) is 10.1. The Hall–Kier alpha value is -2.47. The van der Waals surface area contributed by atoms with Crippen molar-refractivity contribution in [2.45, 2.75) is 12.8 Å². The van der Waals surface area contributed by atoms with E-state index in [0.717, 1.165) is 23.8 Å². The lowest BCUT2D eigenvalue weighted by atomic mass is 10.1. The van der Waals surface area contributed by atoms with Crippen LogP contribution >= 0.6 is 11.6 Å². The van der Waals surface area contributed by atoms with Gasteiger partial charge >= 0.3 is 0 Å². The van der Waals surface area contributed by atoms with Crippen molar-refractivity contribution in [1.82, 2.24) is 0 Å². The van der Waals surface area contributed by atoms with Gasteiger partial charge in [0.15, 0.2) is 0 Å². The molecule has 0 saturated carbocycles. The molecule has 0 bridgehead atoms. The molecule has 7 heteroatoms. The summed E-state index contributed by atoms with van der Waals surface area (Å²) in [5, 5.41) is 13.5. The summed E-state index contributed by atoms with van der Waals surface area (Å²) in [4.78, 5) is 21.8. The van der Waals surface area contributed by atoms with E-state index in [1.54, 1.807) is 24.3 Å². The van der Waals surface area contributed by atoms with Crippen LogP contribution in [0.3, 0.4) is 0 Å². The highest BCUT2D eigenvalue weighted by Crippen LogP contribution is 2.22. The molecule has 0 aliphatic rings. The van der Waals surface area contributed by atoms with Crippen LogP contribution in [0.4, 0.5) is 15.8 Å². The van der Waals surface area contributed by atoms with Gasteiger partial charge in [-0.2, -0.15) is 0 Å². The van der Waals surface area contributed by atoms with Gasteiger partial charge < -0.3 is 5.32 Å². The van der Waals surface area contributed by atoms with Gasteiger partial charge in [0.05, 0.1) is 10.6 Å². The number of hydrogen-bond acceptors (Lipinski definition) is 3. The SMILES string of the molecule is O=C(CCc1ccccc1Cl)Nc1cc([N+](=O)[O-])ccc1F. The number of anilines is 1. The first kappa shape index (κ1) is 15.9. The van der Waals surface area contributed by atoms with E-state index in [4.69, 9.17) is 11.6 Å². The fourth-order valence-corrected chi connectivity index (χ4v) is 2.11. The molecule has 1 N–H and O–H groups in total. The number of carbonyl (C=O) groups excluding carboxylic acids is 1. The Kier molecular flexibility index (Phi) is 5.06. The van der Waals surface area contributed by atoms with Crippen LogP contribution in [0, 0.1) is 15.9 Å². The van der Waals surface area contributed by atoms with Crippen LogP contribution in [0.5, 0.6) is 0 Å². The standard InChI is InChI=1S/C15H12ClFN2O3/c16-12-4-2-1-3-10(12)5-8-15(20)18-14-9-11(19(21)22)6-7-13(14)17/h1-4,6-7,9H,5,8H2,(H,18,20). The normalized spacial score (nSPS) is 10.3. The van der Waals surface area contributed by atoms with Gasteiger partial charge in [-0.3, -0.25) is 14.9 Å². The molecule has 0 aliphatic carbocycles. The molecule has 0 atom stereocenters. The van der Waals surface area contributed by atoms with Crippen LogP contribution in [-0.2, 0) is 11.2 Å². The topological polar surface area (TPSA) is 72.2 Å². The van der Waals surface area contributed by atoms with Crippen molar-refractivity contribution in [3.8, 4) is 0 Å². The number of nitro groups is 1. The van der Waals surface area contributed by atoms with Crippen LogP contribution in [0.15, 0.2) is 42.5 Å². The van der Waals surface area contributed by atoms with Crippen LogP contribution < -0.4 is 5.32 Å². The van der Waals surface area contributed by atoms with Crippen molar-refractivity contribution < 1.29 is 14.1 Å². The molecule has 22 heavy (non-hydrogen) atoms. The van der Waals surface area contributed by atoms with Crippen LogP contribution in [-0.4, -0.2) is 10.8 Å². The highest BCUT2D eigenvalue weighted by atomic mass is 35.5. The number of halogens is 2. The quantitative estimate of drug-likeness (QED) is 0.669. The van der Waals surface area contributed by atoms with Gasteiger partial charge in [-0.15, -0.1) is 0 Å². The first-order chi connectivity index (χ1) is 10.5. The van der Waals surface area contributed by atoms with E-state index >= 15 is 0 Å². The molecule has 2 aromatic rings. The molecular weight excluding hydrogens is 311 g/mol. The molecule has 114 valence electrons. The smallest absolute Gasteiger partial charge is 0.271 e. The molecule has 0 aromatic heterocycles. The summed E-state index contributed by atoms with van der Waals surface area (Å²) in [6.07, 6.45) is 0.480. The molecule has 0 heterocycles. The number of nitrogens with zero attached hydrogens (tertiary/aromatic N) is 1. The van der Waals surface area contributed by atoms with E-state index < -0.39 is 16.6 Å². The Bertz CT molecular complexity index is 722. The number of benzene rings is 2. The highest BCUT2D eigenvalue weighted by molar-refractivity contribution is 6.31. The number of nitrogens with one attached hydrogen (secondary N) is 1. The number of carbonyl (C=O) groups is 1. The molecule has 0 spiro atoms. The number of non-ortho nitro benzene ring substituents is 1. The monoisotopic (exact) mass is 322 g/mol. The lowest BCUT2D eigenvalue weighted by molar-refractivity contribution is -0.384. The second-order valence-corrected chi connectivity index (χ2v) is 4.97. The van der Waals surface area contributed by atoms with E-state index in [9.17, 15) is 19.3 Å². The average molecular weight is 323 g/mol. The van der Waals surface area contributed by atoms with Crippen LogP contribution in [0.2, 0.25) is 5.02 Å². The van der Waals surface area contributed by atoms with Crippen molar-refractivity contribution in [3.63, 3.8) is 0 Å². The number of amides is 1. The van der Waals surface area contributed by atoms with E-state index in [0.29, 0.717) is 11.4 Å². The van der Waals surface area contributed by atoms with Crippen molar-refractivity contribution >= 4 is 28.9 Å². The van der Waals surface area contributed by atoms with E-state index in [2.05, 4.69) is 5.32 Å². The predicted octanol–water partition coefficient (Wildman–Crippen LogP) is 3.96. The minimum Gasteiger partial charge on any atom is -0.323 e. The molecule has 1 amide bonds. The van der Waals surface area contributed by atoms with Gasteiger partial charge in [-0.25, -0.2) is 4.39 Å². The van der Waals surface area contributed by atoms with Gasteiger partial charge in [-0.1, -0.05) is 29.8 Å². The fourth-order valence-electron chi connectivity index (χ4n) is 1.88. The molecule has 0 fully saturated rings. The summed E-state index contributed by atoms with van der Waals surface area (Å²) < 4.78 is 13.6. The first-order valence-electron chi connectivity index (χ1n) is 6.44. The number of nitro benzene ring substituents is 1. The number of rotatable bonds is 5. The summed E-state index contributed by atoms with van der Waals surface area (Å²) in [5.41, 5.74) is 0.306. The third kappa shape index (κ3) is 4.02. The first-order valence-corrected chi connectivity index (χ1v) is 6.82. The lowest BCUT2D eigenvalue weighted by Gasteiger charge is -2.07. The maximum atomic E-state index is 13.6. The third-order valence-corrected chi connectivity index (χ3v) is 3.38. The van der Waals surface area contributed by atoms with Gasteiger partial charge in [0.25, 0.3) is 5.69 Å². The largest absolute Gasteiger partial charge is 0.323 e. The zero-order valence-corrected chi connectivity index (χ0v) is 12.1. The van der Waals surface area contributed by atoms with Crippen molar-refractivity contribution in [3.05, 3.63) is 69.0 Å². The zero-order valence-electron chi connectivity index (χ0n) is 11.4. The van der Waals surface area contributed by atoms with Crippen molar-refractivity contribution in [1.29, 1.82) is 0 Å². The maximum Gasteiger partial charge on any atom is 0.271 e. The van der Waals surface area contributed by atoms with E-state index in [-0.39, 0.29) is 17.8 Å². The molecular formula is C15H12ClFN2O3. The summed E-state index contributed by atoms with van der Waals surface area (Å²) >= 11 is 5.98. The Morgan fingerprint density at radius 1 is 1.27 bits per heavy atom. The average Bonchev–Trinajstić information content (AvgIpc) is 2.48. The van der Waals surface area contributed by atoms with Gasteiger partial charge in [0.2, 0.25) is 5.91 Å². The van der Waals surface area contributed by atoms with Gasteiger partial charge in [-0.05, 0) is 24.1 Å². The number of aryl methyl sites for hydroxylation is 1. The molecule has 0 unspecified atom stereocenters. The summed E-state index contributed by atoms with van der Waals surface area (Å²) in [6.45, 7) is 0. The minimum absolute atomic E-state index is 0.0892. The van der Waals surface area contributed by atoms with Crippen molar-refractivity contribution in [2.75, 3.05) is 5.32 Å². The predicted molar refractivity (Wildman–Crippen MR) is 81.5 cm³/mol. The third-order valence-electron chi connectivity index (χ3n) is 3.01. The Morgan fingerprint density at radius 2 is 2.00 bits per heavy atom. The van der Waals surface area contributed by atoms with Gasteiger partial charge in [0, 0.05) is 23.6 Å².